The number of hydrogen-bond acceptors (Lipinski definition) is 3. The molecule has 1 N–H and O–H groups in total. The Morgan fingerprint density at radius 2 is 2.00 bits per heavy atom. The van der Waals surface area contributed by atoms with Crippen LogP contribution in [0.5, 0.6) is 0 Å². The van der Waals surface area contributed by atoms with E-state index in [9.17, 15) is 13.2 Å². The van der Waals surface area contributed by atoms with Gasteiger partial charge in [0.2, 0.25) is 0 Å². The van der Waals surface area contributed by atoms with Gasteiger partial charge in [0.05, 0.1) is 0 Å². The molecule has 1 aromatic rings. The quantitative estimate of drug-likeness (QED) is 0.923. The summed E-state index contributed by atoms with van der Waals surface area (Å²) in [5, 5.41) is 3.13. The molecule has 0 saturated carbocycles. The highest BCUT2D eigenvalue weighted by molar-refractivity contribution is 5.40. The van der Waals surface area contributed by atoms with Gasteiger partial charge < -0.3 is 10.2 Å². The number of halogens is 3. The van der Waals surface area contributed by atoms with Crippen molar-refractivity contribution in [3.63, 3.8) is 0 Å². The second-order valence-corrected chi connectivity index (χ2v) is 5.20. The minimum absolute atomic E-state index is 0.437. The number of rotatable bonds is 4. The van der Waals surface area contributed by atoms with Crippen LogP contribution in [0.1, 0.15) is 25.0 Å². The molecule has 1 saturated heterocycles. The lowest BCUT2D eigenvalue weighted by molar-refractivity contribution is -0.141. The molecule has 0 radical (unpaired) electrons. The first-order valence-electron chi connectivity index (χ1n) is 6.94. The predicted octanol–water partition coefficient (Wildman–Crippen LogP) is 2.93. The minimum Gasteiger partial charge on any atom is -0.357 e. The molecule has 1 fully saturated rings. The zero-order valence-corrected chi connectivity index (χ0v) is 11.6. The highest BCUT2D eigenvalue weighted by Gasteiger charge is 2.33. The van der Waals surface area contributed by atoms with Crippen LogP contribution in [0.25, 0.3) is 0 Å². The Morgan fingerprint density at radius 1 is 1.30 bits per heavy atom. The second-order valence-electron chi connectivity index (χ2n) is 5.20. The van der Waals surface area contributed by atoms with Crippen LogP contribution in [0.3, 0.4) is 0 Å². The van der Waals surface area contributed by atoms with E-state index in [4.69, 9.17) is 0 Å². The van der Waals surface area contributed by atoms with Crippen LogP contribution in [0.4, 0.5) is 19.0 Å². The first-order valence-corrected chi connectivity index (χ1v) is 6.94. The maximum Gasteiger partial charge on any atom is 0.433 e. The molecule has 20 heavy (non-hydrogen) atoms. The Balaban J connectivity index is 1.97. The number of alkyl halides is 3. The topological polar surface area (TPSA) is 28.2 Å². The molecule has 1 aliphatic rings. The maximum atomic E-state index is 12.6. The van der Waals surface area contributed by atoms with Crippen molar-refractivity contribution in [1.29, 1.82) is 0 Å². The van der Waals surface area contributed by atoms with Crippen molar-refractivity contribution in [3.05, 3.63) is 23.9 Å². The average molecular weight is 287 g/mol. The van der Waals surface area contributed by atoms with Gasteiger partial charge in [0, 0.05) is 13.1 Å². The summed E-state index contributed by atoms with van der Waals surface area (Å²) >= 11 is 0. The van der Waals surface area contributed by atoms with Crippen molar-refractivity contribution in [2.45, 2.75) is 25.4 Å². The highest BCUT2D eigenvalue weighted by atomic mass is 19.4. The van der Waals surface area contributed by atoms with E-state index < -0.39 is 11.9 Å². The fourth-order valence-corrected chi connectivity index (χ4v) is 2.56. The van der Waals surface area contributed by atoms with Crippen LogP contribution in [0, 0.1) is 5.92 Å². The average Bonchev–Trinajstić information content (AvgIpc) is 2.45. The zero-order valence-electron chi connectivity index (χ0n) is 11.6. The first kappa shape index (κ1) is 15.1. The number of pyridine rings is 1. The highest BCUT2D eigenvalue weighted by Crippen LogP contribution is 2.30. The van der Waals surface area contributed by atoms with Crippen molar-refractivity contribution in [2.24, 2.45) is 5.92 Å². The third-order valence-corrected chi connectivity index (χ3v) is 3.77. The molecule has 2 rings (SSSR count). The van der Waals surface area contributed by atoms with Crippen LogP contribution in [-0.4, -0.2) is 31.7 Å². The molecule has 1 aliphatic heterocycles. The van der Waals surface area contributed by atoms with Gasteiger partial charge in [0.1, 0.15) is 11.5 Å². The van der Waals surface area contributed by atoms with E-state index in [-0.39, 0.29) is 0 Å². The smallest absolute Gasteiger partial charge is 0.357 e. The number of anilines is 1. The molecule has 0 spiro atoms. The zero-order chi connectivity index (χ0) is 14.6. The van der Waals surface area contributed by atoms with Gasteiger partial charge >= 0.3 is 6.18 Å². The van der Waals surface area contributed by atoms with Gasteiger partial charge in [-0.15, -0.1) is 0 Å². The molecule has 112 valence electrons. The van der Waals surface area contributed by atoms with Crippen LogP contribution < -0.4 is 10.2 Å². The SMILES string of the molecule is CNCCC1CCN(c2cccc(C(F)(F)F)n2)CC1. The van der Waals surface area contributed by atoms with Crippen LogP contribution in [0.15, 0.2) is 18.2 Å². The Bertz CT molecular complexity index is 426. The van der Waals surface area contributed by atoms with Crippen LogP contribution in [-0.2, 0) is 6.18 Å². The standard InChI is InChI=1S/C14H20F3N3/c1-18-8-5-11-6-9-20(10-7-11)13-4-2-3-12(19-13)14(15,16)17/h2-4,11,18H,5-10H2,1H3. The molecular formula is C14H20F3N3. The van der Waals surface area contributed by atoms with E-state index in [1.807, 2.05) is 11.9 Å². The lowest BCUT2D eigenvalue weighted by Gasteiger charge is -2.33. The monoisotopic (exact) mass is 287 g/mol. The Kier molecular flexibility index (Phi) is 4.86. The maximum absolute atomic E-state index is 12.6. The van der Waals surface area contributed by atoms with Crippen LogP contribution in [0.2, 0.25) is 0 Å². The normalized spacial score (nSPS) is 17.5. The number of nitrogens with zero attached hydrogens (tertiary/aromatic N) is 2. The lowest BCUT2D eigenvalue weighted by Crippen LogP contribution is -2.35. The van der Waals surface area contributed by atoms with E-state index in [0.717, 1.165) is 45.0 Å². The van der Waals surface area contributed by atoms with Crippen molar-refractivity contribution in [1.82, 2.24) is 10.3 Å². The molecular weight excluding hydrogens is 267 g/mol. The summed E-state index contributed by atoms with van der Waals surface area (Å²) in [6.07, 6.45) is -1.22. The van der Waals surface area contributed by atoms with E-state index in [1.54, 1.807) is 6.07 Å². The predicted molar refractivity (Wildman–Crippen MR) is 72.7 cm³/mol. The van der Waals surface area contributed by atoms with E-state index in [2.05, 4.69) is 10.3 Å². The lowest BCUT2D eigenvalue weighted by atomic mass is 9.93. The van der Waals surface area contributed by atoms with Gasteiger partial charge in [-0.3, -0.25) is 0 Å². The summed E-state index contributed by atoms with van der Waals surface area (Å²) in [4.78, 5) is 5.69. The first-order chi connectivity index (χ1) is 9.50. The van der Waals surface area contributed by atoms with Crippen molar-refractivity contribution in [2.75, 3.05) is 31.6 Å². The van der Waals surface area contributed by atoms with Crippen molar-refractivity contribution in [3.8, 4) is 0 Å². The van der Waals surface area contributed by atoms with Gasteiger partial charge in [0.25, 0.3) is 0 Å². The summed E-state index contributed by atoms with van der Waals surface area (Å²) in [5.74, 6) is 1.09. The third kappa shape index (κ3) is 3.85. The summed E-state index contributed by atoms with van der Waals surface area (Å²) < 4.78 is 37.9. The van der Waals surface area contributed by atoms with Crippen molar-refractivity contribution < 1.29 is 13.2 Å². The summed E-state index contributed by atoms with van der Waals surface area (Å²) in [6, 6.07) is 4.10. The molecule has 0 amide bonds. The molecule has 0 aliphatic carbocycles. The summed E-state index contributed by atoms with van der Waals surface area (Å²) in [5.41, 5.74) is -0.813. The molecule has 0 atom stereocenters. The Labute approximate surface area is 117 Å². The Morgan fingerprint density at radius 3 is 2.60 bits per heavy atom. The summed E-state index contributed by atoms with van der Waals surface area (Å²) in [6.45, 7) is 2.55. The molecule has 0 aromatic carbocycles. The van der Waals surface area contributed by atoms with Crippen molar-refractivity contribution >= 4 is 5.82 Å². The largest absolute Gasteiger partial charge is 0.433 e. The number of hydrogen-bond donors (Lipinski definition) is 1. The third-order valence-electron chi connectivity index (χ3n) is 3.77. The molecule has 3 nitrogen and oxygen atoms in total. The minimum atomic E-state index is -4.37. The van der Waals surface area contributed by atoms with Crippen LogP contribution >= 0.6 is 0 Å². The van der Waals surface area contributed by atoms with Gasteiger partial charge in [0.15, 0.2) is 0 Å². The molecule has 0 bridgehead atoms. The van der Waals surface area contributed by atoms with E-state index >= 15 is 0 Å². The Hall–Kier alpha value is -1.30. The number of aromatic nitrogens is 1. The molecule has 6 heteroatoms. The molecule has 2 heterocycles. The number of nitrogens with one attached hydrogen (secondary N) is 1. The second kappa shape index (κ2) is 6.43. The van der Waals surface area contributed by atoms with Gasteiger partial charge in [-0.2, -0.15) is 13.2 Å². The van der Waals surface area contributed by atoms with Gasteiger partial charge in [-0.25, -0.2) is 4.98 Å². The van der Waals surface area contributed by atoms with E-state index in [0.29, 0.717) is 11.7 Å². The summed E-state index contributed by atoms with van der Waals surface area (Å²) in [7, 11) is 1.93. The molecule has 0 unspecified atom stereocenters. The van der Waals surface area contributed by atoms with E-state index in [1.165, 1.54) is 6.07 Å². The molecule has 1 aromatic heterocycles. The van der Waals surface area contributed by atoms with Gasteiger partial charge in [-0.1, -0.05) is 6.07 Å². The fraction of sp³-hybridized carbons (Fsp3) is 0.643. The fourth-order valence-electron chi connectivity index (χ4n) is 2.56. The van der Waals surface area contributed by atoms with Gasteiger partial charge in [-0.05, 0) is 50.9 Å². The number of piperidine rings is 1.